The van der Waals surface area contributed by atoms with Gasteiger partial charge in [0.25, 0.3) is 11.8 Å². The fourth-order valence-corrected chi connectivity index (χ4v) is 3.35. The van der Waals surface area contributed by atoms with Crippen LogP contribution in [0.3, 0.4) is 0 Å². The largest absolute Gasteiger partial charge is 0.484 e. The maximum absolute atomic E-state index is 13.1. The van der Waals surface area contributed by atoms with Crippen molar-refractivity contribution < 1.29 is 14.1 Å². The van der Waals surface area contributed by atoms with Gasteiger partial charge >= 0.3 is 0 Å². The lowest BCUT2D eigenvalue weighted by atomic mass is 9.87. The van der Waals surface area contributed by atoms with Crippen LogP contribution in [0.1, 0.15) is 24.6 Å². The van der Waals surface area contributed by atoms with Gasteiger partial charge in [-0.15, -0.1) is 12.4 Å². The molecule has 1 aliphatic heterocycles. The number of amides is 1. The molecule has 4 rings (SSSR count). The Morgan fingerprint density at radius 2 is 2.07 bits per heavy atom. The molecule has 1 amide bonds. The molecule has 0 aliphatic carbocycles. The Morgan fingerprint density at radius 3 is 2.69 bits per heavy atom. The topological polar surface area (TPSA) is 107 Å². The number of hydrogen-bond donors (Lipinski definition) is 2. The number of piperidine rings is 1. The number of rotatable bonds is 6. The number of aryl methyl sites for hydroxylation is 1. The number of nitrogens with one attached hydrogen (secondary N) is 2. The van der Waals surface area contributed by atoms with Crippen molar-refractivity contribution in [2.24, 2.45) is 0 Å². The van der Waals surface area contributed by atoms with E-state index in [0.717, 1.165) is 13.1 Å². The highest BCUT2D eigenvalue weighted by atomic mass is 35.5. The van der Waals surface area contributed by atoms with E-state index in [4.69, 9.17) is 9.26 Å². The molecule has 0 spiro atoms. The lowest BCUT2D eigenvalue weighted by Crippen LogP contribution is -2.52. The summed E-state index contributed by atoms with van der Waals surface area (Å²) in [5.74, 6) is 1.58. The van der Waals surface area contributed by atoms with E-state index in [1.807, 2.05) is 24.4 Å². The third-order valence-corrected chi connectivity index (χ3v) is 4.84. The van der Waals surface area contributed by atoms with Crippen molar-refractivity contribution in [2.75, 3.05) is 18.4 Å². The first-order chi connectivity index (χ1) is 13.7. The van der Waals surface area contributed by atoms with Crippen molar-refractivity contribution in [2.45, 2.75) is 31.9 Å². The van der Waals surface area contributed by atoms with Gasteiger partial charge in [-0.2, -0.15) is 10.1 Å². The first-order valence-electron chi connectivity index (χ1n) is 9.20. The highest BCUT2D eigenvalue weighted by molar-refractivity contribution is 5.96. The monoisotopic (exact) mass is 418 g/mol. The third-order valence-electron chi connectivity index (χ3n) is 4.84. The number of ether oxygens (including phenoxy) is 1. The minimum Gasteiger partial charge on any atom is -0.484 e. The number of anilines is 1. The van der Waals surface area contributed by atoms with Crippen molar-refractivity contribution in [1.82, 2.24) is 25.2 Å². The second kappa shape index (κ2) is 9.06. The first-order valence-corrected chi connectivity index (χ1v) is 9.20. The summed E-state index contributed by atoms with van der Waals surface area (Å²) in [4.78, 5) is 17.2. The van der Waals surface area contributed by atoms with Gasteiger partial charge in [-0.1, -0.05) is 5.16 Å². The molecule has 0 unspecified atom stereocenters. The van der Waals surface area contributed by atoms with E-state index in [1.54, 1.807) is 29.9 Å². The summed E-state index contributed by atoms with van der Waals surface area (Å²) >= 11 is 0. The van der Waals surface area contributed by atoms with Gasteiger partial charge in [-0.25, -0.2) is 0 Å². The lowest BCUT2D eigenvalue weighted by Gasteiger charge is -2.36. The van der Waals surface area contributed by atoms with Gasteiger partial charge in [0.2, 0.25) is 0 Å². The Hall–Kier alpha value is -2.91. The molecular weight excluding hydrogens is 396 g/mol. The molecule has 1 saturated heterocycles. The Morgan fingerprint density at radius 1 is 1.31 bits per heavy atom. The Labute approximate surface area is 174 Å². The van der Waals surface area contributed by atoms with Crippen molar-refractivity contribution >= 4 is 24.0 Å². The van der Waals surface area contributed by atoms with E-state index in [0.29, 0.717) is 36.0 Å². The number of hydrogen-bond acceptors (Lipinski definition) is 7. The molecule has 9 nitrogen and oxygen atoms in total. The van der Waals surface area contributed by atoms with Gasteiger partial charge in [0.1, 0.15) is 11.3 Å². The van der Waals surface area contributed by atoms with Crippen LogP contribution in [-0.2, 0) is 16.9 Å². The SMILES string of the molecule is Cc1noc(COc2ccc(NC(=O)C3(n4cccn4)CCNCC3)cc2)n1.Cl. The second-order valence-corrected chi connectivity index (χ2v) is 6.73. The van der Waals surface area contributed by atoms with Crippen LogP contribution in [0, 0.1) is 6.92 Å². The number of benzene rings is 1. The van der Waals surface area contributed by atoms with Crippen LogP contribution in [0.5, 0.6) is 5.75 Å². The van der Waals surface area contributed by atoms with Crippen LogP contribution in [0.2, 0.25) is 0 Å². The predicted molar refractivity (Wildman–Crippen MR) is 108 cm³/mol. The predicted octanol–water partition coefficient (Wildman–Crippen LogP) is 2.29. The fraction of sp³-hybridized carbons (Fsp3) is 0.368. The van der Waals surface area contributed by atoms with Gasteiger partial charge in [0, 0.05) is 18.1 Å². The number of carbonyl (C=O) groups excluding carboxylic acids is 1. The zero-order valence-corrected chi connectivity index (χ0v) is 16.8. The molecule has 10 heteroatoms. The minimum atomic E-state index is -0.681. The molecule has 3 heterocycles. The smallest absolute Gasteiger partial charge is 0.264 e. The quantitative estimate of drug-likeness (QED) is 0.632. The van der Waals surface area contributed by atoms with Gasteiger partial charge in [-0.05, 0) is 63.2 Å². The average molecular weight is 419 g/mol. The van der Waals surface area contributed by atoms with E-state index in [-0.39, 0.29) is 24.9 Å². The molecule has 154 valence electrons. The van der Waals surface area contributed by atoms with Crippen molar-refractivity contribution in [3.05, 3.63) is 54.4 Å². The molecule has 3 aromatic rings. The molecule has 0 bridgehead atoms. The van der Waals surface area contributed by atoms with E-state index < -0.39 is 5.54 Å². The van der Waals surface area contributed by atoms with Crippen LogP contribution in [0.25, 0.3) is 0 Å². The van der Waals surface area contributed by atoms with Crippen LogP contribution in [0.4, 0.5) is 5.69 Å². The first kappa shape index (κ1) is 20.8. The summed E-state index contributed by atoms with van der Waals surface area (Å²) in [6.45, 7) is 3.50. The van der Waals surface area contributed by atoms with Crippen LogP contribution >= 0.6 is 12.4 Å². The molecule has 1 aliphatic rings. The highest BCUT2D eigenvalue weighted by Gasteiger charge is 2.42. The molecule has 0 atom stereocenters. The van der Waals surface area contributed by atoms with E-state index in [1.165, 1.54) is 0 Å². The maximum Gasteiger partial charge on any atom is 0.264 e. The van der Waals surface area contributed by atoms with Crippen LogP contribution < -0.4 is 15.4 Å². The molecule has 0 radical (unpaired) electrons. The van der Waals surface area contributed by atoms with E-state index in [9.17, 15) is 4.79 Å². The molecule has 2 aromatic heterocycles. The summed E-state index contributed by atoms with van der Waals surface area (Å²) in [5, 5.41) is 14.4. The molecule has 29 heavy (non-hydrogen) atoms. The van der Waals surface area contributed by atoms with Crippen molar-refractivity contribution in [3.63, 3.8) is 0 Å². The summed E-state index contributed by atoms with van der Waals surface area (Å²) < 4.78 is 12.4. The average Bonchev–Trinajstić information content (AvgIpc) is 3.40. The summed E-state index contributed by atoms with van der Waals surface area (Å²) in [6.07, 6.45) is 4.92. The summed E-state index contributed by atoms with van der Waals surface area (Å²) in [5.41, 5.74) is 0.0239. The van der Waals surface area contributed by atoms with Gasteiger partial charge in [0.15, 0.2) is 12.4 Å². The van der Waals surface area contributed by atoms with Gasteiger partial charge < -0.3 is 19.9 Å². The standard InChI is InChI=1S/C19H22N6O3.ClH/c1-14-22-17(28-24-14)13-27-16-5-3-15(4-6-16)23-18(26)19(7-10-20-11-8-19)25-12-2-9-21-25;/h2-6,9,12,20H,7-8,10-11,13H2,1H3,(H,23,26);1H. The minimum absolute atomic E-state index is 0. The lowest BCUT2D eigenvalue weighted by molar-refractivity contribution is -0.126. The normalized spacial score (nSPS) is 15.3. The van der Waals surface area contributed by atoms with E-state index in [2.05, 4.69) is 25.9 Å². The summed E-state index contributed by atoms with van der Waals surface area (Å²) in [6, 6.07) is 9.05. The molecule has 0 saturated carbocycles. The number of aromatic nitrogens is 4. The number of nitrogens with zero attached hydrogens (tertiary/aromatic N) is 4. The Balaban J connectivity index is 0.00000240. The highest BCUT2D eigenvalue weighted by Crippen LogP contribution is 2.29. The second-order valence-electron chi connectivity index (χ2n) is 6.73. The molecule has 1 aromatic carbocycles. The van der Waals surface area contributed by atoms with Crippen LogP contribution in [0.15, 0.2) is 47.2 Å². The van der Waals surface area contributed by atoms with Crippen LogP contribution in [-0.4, -0.2) is 38.9 Å². The van der Waals surface area contributed by atoms with Gasteiger partial charge in [0.05, 0.1) is 0 Å². The fourth-order valence-electron chi connectivity index (χ4n) is 3.35. The molecule has 2 N–H and O–H groups in total. The van der Waals surface area contributed by atoms with Crippen molar-refractivity contribution in [3.8, 4) is 5.75 Å². The Bertz CT molecular complexity index is 920. The van der Waals surface area contributed by atoms with Gasteiger partial charge in [-0.3, -0.25) is 9.48 Å². The Kier molecular flexibility index (Phi) is 6.50. The third kappa shape index (κ3) is 4.57. The molecular formula is C19H23ClN6O3. The van der Waals surface area contributed by atoms with Crippen molar-refractivity contribution in [1.29, 1.82) is 0 Å². The number of halogens is 1. The summed E-state index contributed by atoms with van der Waals surface area (Å²) in [7, 11) is 0. The van der Waals surface area contributed by atoms with E-state index >= 15 is 0 Å². The molecule has 1 fully saturated rings. The maximum atomic E-state index is 13.1. The number of carbonyl (C=O) groups is 1. The zero-order chi connectivity index (χ0) is 19.4. The zero-order valence-electron chi connectivity index (χ0n) is 16.0.